The quantitative estimate of drug-likeness (QED) is 0.735. The van der Waals surface area contributed by atoms with Crippen molar-refractivity contribution in [2.24, 2.45) is 5.92 Å². The summed E-state index contributed by atoms with van der Waals surface area (Å²) in [5.41, 5.74) is 0. The minimum atomic E-state index is -3.02. The number of rotatable bonds is 6. The van der Waals surface area contributed by atoms with E-state index < -0.39 is 10.0 Å². The second-order valence-electron chi connectivity index (χ2n) is 6.21. The maximum absolute atomic E-state index is 12.2. The molecular formula is C14H29N3O2S. The zero-order chi connectivity index (χ0) is 14.4. The van der Waals surface area contributed by atoms with Crippen LogP contribution in [0.5, 0.6) is 0 Å². The van der Waals surface area contributed by atoms with Gasteiger partial charge in [-0.25, -0.2) is 8.42 Å². The molecule has 118 valence electrons. The van der Waals surface area contributed by atoms with Gasteiger partial charge in [-0.3, -0.25) is 0 Å². The summed E-state index contributed by atoms with van der Waals surface area (Å²) in [6.45, 7) is 5.29. The fourth-order valence-electron chi connectivity index (χ4n) is 3.08. The Labute approximate surface area is 123 Å². The maximum Gasteiger partial charge on any atom is 0.214 e. The highest BCUT2D eigenvalue weighted by Gasteiger charge is 2.25. The third-order valence-corrected chi connectivity index (χ3v) is 6.54. The van der Waals surface area contributed by atoms with Crippen molar-refractivity contribution in [1.82, 2.24) is 14.5 Å². The Morgan fingerprint density at radius 3 is 2.35 bits per heavy atom. The third kappa shape index (κ3) is 4.98. The van der Waals surface area contributed by atoms with E-state index in [9.17, 15) is 8.42 Å². The molecule has 0 aliphatic carbocycles. The average Bonchev–Trinajstić information content (AvgIpc) is 2.45. The molecule has 0 bridgehead atoms. The minimum absolute atomic E-state index is 0.335. The van der Waals surface area contributed by atoms with Gasteiger partial charge in [0.1, 0.15) is 0 Å². The van der Waals surface area contributed by atoms with Gasteiger partial charge in [0.2, 0.25) is 10.0 Å². The maximum atomic E-state index is 12.2. The van der Waals surface area contributed by atoms with E-state index in [1.165, 1.54) is 19.3 Å². The first kappa shape index (κ1) is 16.2. The van der Waals surface area contributed by atoms with Crippen LogP contribution >= 0.6 is 0 Å². The van der Waals surface area contributed by atoms with E-state index in [-0.39, 0.29) is 0 Å². The van der Waals surface area contributed by atoms with Crippen LogP contribution in [0.3, 0.4) is 0 Å². The number of sulfonamides is 1. The SMILES string of the molecule is CN1CCN(S(=O)(=O)CCCCC2CCNCC2)CC1. The molecule has 0 amide bonds. The zero-order valence-corrected chi connectivity index (χ0v) is 13.5. The average molecular weight is 303 g/mol. The van der Waals surface area contributed by atoms with Gasteiger partial charge in [-0.1, -0.05) is 12.8 Å². The Morgan fingerprint density at radius 2 is 1.70 bits per heavy atom. The molecule has 0 unspecified atom stereocenters. The van der Waals surface area contributed by atoms with Gasteiger partial charge in [0.15, 0.2) is 0 Å². The molecule has 0 aromatic carbocycles. The monoisotopic (exact) mass is 303 g/mol. The van der Waals surface area contributed by atoms with Crippen LogP contribution in [0.25, 0.3) is 0 Å². The number of unbranched alkanes of at least 4 members (excludes halogenated alkanes) is 1. The van der Waals surface area contributed by atoms with Crippen molar-refractivity contribution >= 4 is 10.0 Å². The second kappa shape index (κ2) is 7.73. The van der Waals surface area contributed by atoms with Gasteiger partial charge in [0.05, 0.1) is 5.75 Å². The lowest BCUT2D eigenvalue weighted by Gasteiger charge is -2.31. The molecule has 0 aromatic heterocycles. The van der Waals surface area contributed by atoms with E-state index in [0.717, 1.165) is 44.9 Å². The summed E-state index contributed by atoms with van der Waals surface area (Å²) in [4.78, 5) is 2.18. The Kier molecular flexibility index (Phi) is 6.26. The highest BCUT2D eigenvalue weighted by atomic mass is 32.2. The van der Waals surface area contributed by atoms with E-state index in [4.69, 9.17) is 0 Å². The number of nitrogens with one attached hydrogen (secondary N) is 1. The highest BCUT2D eigenvalue weighted by molar-refractivity contribution is 7.89. The summed E-state index contributed by atoms with van der Waals surface area (Å²) in [5, 5.41) is 3.37. The zero-order valence-electron chi connectivity index (χ0n) is 12.7. The van der Waals surface area contributed by atoms with Crippen LogP contribution in [0.4, 0.5) is 0 Å². The standard InChI is InChI=1S/C14H29N3O2S/c1-16-9-11-17(12-10-16)20(18,19)13-3-2-4-14-5-7-15-8-6-14/h14-15H,2-13H2,1H3. The van der Waals surface area contributed by atoms with Gasteiger partial charge >= 0.3 is 0 Å². The van der Waals surface area contributed by atoms with E-state index in [0.29, 0.717) is 18.8 Å². The minimum Gasteiger partial charge on any atom is -0.317 e. The lowest BCUT2D eigenvalue weighted by Crippen LogP contribution is -2.47. The topological polar surface area (TPSA) is 52.7 Å². The molecule has 2 aliphatic heterocycles. The first-order valence-electron chi connectivity index (χ1n) is 7.95. The van der Waals surface area contributed by atoms with Crippen molar-refractivity contribution in [3.8, 4) is 0 Å². The summed E-state index contributed by atoms with van der Waals surface area (Å²) in [7, 11) is -0.971. The first-order chi connectivity index (χ1) is 9.58. The molecule has 2 aliphatic rings. The Balaban J connectivity index is 1.64. The van der Waals surface area contributed by atoms with E-state index in [1.54, 1.807) is 4.31 Å². The molecule has 2 fully saturated rings. The fourth-order valence-corrected chi connectivity index (χ4v) is 4.63. The summed E-state index contributed by atoms with van der Waals surface area (Å²) in [6, 6.07) is 0. The number of nitrogens with zero attached hydrogens (tertiary/aromatic N) is 2. The summed E-state index contributed by atoms with van der Waals surface area (Å²) < 4.78 is 26.2. The van der Waals surface area contributed by atoms with Gasteiger partial charge in [-0.15, -0.1) is 0 Å². The number of piperazine rings is 1. The van der Waals surface area contributed by atoms with E-state index in [2.05, 4.69) is 10.2 Å². The van der Waals surface area contributed by atoms with Gasteiger partial charge in [-0.2, -0.15) is 4.31 Å². The van der Waals surface area contributed by atoms with Crippen LogP contribution in [0, 0.1) is 5.92 Å². The summed E-state index contributed by atoms with van der Waals surface area (Å²) in [6.07, 6.45) is 5.58. The predicted molar refractivity (Wildman–Crippen MR) is 82.3 cm³/mol. The van der Waals surface area contributed by atoms with Gasteiger partial charge < -0.3 is 10.2 Å². The number of likely N-dealkylation sites (N-methyl/N-ethyl adjacent to an activating group) is 1. The van der Waals surface area contributed by atoms with Crippen molar-refractivity contribution in [2.45, 2.75) is 32.1 Å². The van der Waals surface area contributed by atoms with E-state index >= 15 is 0 Å². The molecule has 6 heteroatoms. The smallest absolute Gasteiger partial charge is 0.214 e. The molecular weight excluding hydrogens is 274 g/mol. The molecule has 1 N–H and O–H groups in total. The molecule has 5 nitrogen and oxygen atoms in total. The Hall–Kier alpha value is -0.170. The first-order valence-corrected chi connectivity index (χ1v) is 9.56. The van der Waals surface area contributed by atoms with Crippen LogP contribution in [0.1, 0.15) is 32.1 Å². The molecule has 2 heterocycles. The van der Waals surface area contributed by atoms with Crippen molar-refractivity contribution < 1.29 is 8.42 Å². The number of hydrogen-bond acceptors (Lipinski definition) is 4. The number of piperidine rings is 1. The molecule has 0 aromatic rings. The molecule has 0 radical (unpaired) electrons. The fraction of sp³-hybridized carbons (Fsp3) is 1.00. The largest absolute Gasteiger partial charge is 0.317 e. The molecule has 2 saturated heterocycles. The lowest BCUT2D eigenvalue weighted by molar-refractivity contribution is 0.222. The van der Waals surface area contributed by atoms with Crippen LogP contribution in [-0.2, 0) is 10.0 Å². The third-order valence-electron chi connectivity index (χ3n) is 4.58. The van der Waals surface area contributed by atoms with Crippen LogP contribution in [-0.4, -0.2) is 69.7 Å². The van der Waals surface area contributed by atoms with Crippen molar-refractivity contribution in [3.05, 3.63) is 0 Å². The Bertz CT molecular complexity index is 372. The molecule has 0 spiro atoms. The molecule has 2 rings (SSSR count). The van der Waals surface area contributed by atoms with Gasteiger partial charge in [0, 0.05) is 26.2 Å². The molecule has 0 atom stereocenters. The van der Waals surface area contributed by atoms with Crippen molar-refractivity contribution in [2.75, 3.05) is 52.1 Å². The second-order valence-corrected chi connectivity index (χ2v) is 8.30. The number of hydrogen-bond donors (Lipinski definition) is 1. The van der Waals surface area contributed by atoms with Crippen LogP contribution < -0.4 is 5.32 Å². The van der Waals surface area contributed by atoms with Crippen molar-refractivity contribution in [1.29, 1.82) is 0 Å². The van der Waals surface area contributed by atoms with Gasteiger partial charge in [0.25, 0.3) is 0 Å². The molecule has 0 saturated carbocycles. The highest BCUT2D eigenvalue weighted by Crippen LogP contribution is 2.19. The van der Waals surface area contributed by atoms with Gasteiger partial charge in [-0.05, 0) is 45.3 Å². The normalized spacial score (nSPS) is 24.1. The summed E-state index contributed by atoms with van der Waals surface area (Å²) >= 11 is 0. The van der Waals surface area contributed by atoms with Crippen LogP contribution in [0.15, 0.2) is 0 Å². The van der Waals surface area contributed by atoms with Crippen molar-refractivity contribution in [3.63, 3.8) is 0 Å². The van der Waals surface area contributed by atoms with Crippen LogP contribution in [0.2, 0.25) is 0 Å². The lowest BCUT2D eigenvalue weighted by atomic mass is 9.93. The molecule has 20 heavy (non-hydrogen) atoms. The Morgan fingerprint density at radius 1 is 1.05 bits per heavy atom. The predicted octanol–water partition coefficient (Wildman–Crippen LogP) is 0.734. The summed E-state index contributed by atoms with van der Waals surface area (Å²) in [5.74, 6) is 1.14. The van der Waals surface area contributed by atoms with E-state index in [1.807, 2.05) is 7.05 Å².